The molecule has 26 heavy (non-hydrogen) atoms. The summed E-state index contributed by atoms with van der Waals surface area (Å²) in [6.07, 6.45) is 0.290. The molecule has 0 aliphatic carbocycles. The van der Waals surface area contributed by atoms with Crippen LogP contribution in [0.4, 0.5) is 5.69 Å². The number of aryl methyl sites for hydroxylation is 2. The largest absolute Gasteiger partial charge is 0.457 e. The molecule has 1 aromatic heterocycles. The number of ether oxygens (including phenoxy) is 1. The summed E-state index contributed by atoms with van der Waals surface area (Å²) in [6, 6.07) is 17.7. The molecule has 1 amide bonds. The number of esters is 1. The Balaban J connectivity index is 1.86. The molecule has 0 bridgehead atoms. The zero-order valence-corrected chi connectivity index (χ0v) is 14.6. The molecule has 3 aromatic rings. The first-order valence-corrected chi connectivity index (χ1v) is 8.22. The van der Waals surface area contributed by atoms with Gasteiger partial charge in [0, 0.05) is 11.3 Å². The number of carbonyl (C=O) groups excluding carboxylic acids is 2. The Morgan fingerprint density at radius 3 is 2.46 bits per heavy atom. The van der Waals surface area contributed by atoms with E-state index in [1.54, 1.807) is 30.3 Å². The third-order valence-corrected chi connectivity index (χ3v) is 3.94. The van der Waals surface area contributed by atoms with Crippen molar-refractivity contribution in [2.24, 2.45) is 0 Å². The van der Waals surface area contributed by atoms with E-state index in [4.69, 9.17) is 9.15 Å². The van der Waals surface area contributed by atoms with E-state index in [9.17, 15) is 9.59 Å². The highest BCUT2D eigenvalue weighted by Gasteiger charge is 2.27. The Hall–Kier alpha value is -3.34. The Labute approximate surface area is 151 Å². The lowest BCUT2D eigenvalue weighted by Crippen LogP contribution is -2.26. The molecule has 0 saturated heterocycles. The highest BCUT2D eigenvalue weighted by molar-refractivity contribution is 5.98. The molecular formula is C21H19NO4. The van der Waals surface area contributed by atoms with Crippen LogP contribution in [0.1, 0.15) is 33.3 Å². The zero-order chi connectivity index (χ0) is 18.5. The number of carbonyl (C=O) groups is 2. The lowest BCUT2D eigenvalue weighted by Gasteiger charge is -2.18. The molecule has 0 aliphatic rings. The molecule has 0 spiro atoms. The average Bonchev–Trinajstić information content (AvgIpc) is 3.18. The molecule has 0 fully saturated rings. The molecule has 0 unspecified atom stereocenters. The molecule has 0 radical (unpaired) electrons. The standard InChI is InChI=1S/C21H19NO4/c1-14-10-11-15(2)17(13-14)22-20(23)19(16-7-4-3-5-8-16)26-21(24)18-9-6-12-25-18/h3-13,19H,1-2H3,(H,22,23)/t19-/m1/s1. The fourth-order valence-electron chi connectivity index (χ4n) is 2.53. The quantitative estimate of drug-likeness (QED) is 0.692. The van der Waals surface area contributed by atoms with Gasteiger partial charge in [0.05, 0.1) is 6.26 Å². The van der Waals surface area contributed by atoms with E-state index in [0.717, 1.165) is 11.1 Å². The number of hydrogen-bond donors (Lipinski definition) is 1. The van der Waals surface area contributed by atoms with Crippen LogP contribution in [-0.2, 0) is 9.53 Å². The van der Waals surface area contributed by atoms with Crippen molar-refractivity contribution < 1.29 is 18.7 Å². The van der Waals surface area contributed by atoms with Crippen molar-refractivity contribution >= 4 is 17.6 Å². The topological polar surface area (TPSA) is 68.5 Å². The molecule has 5 nitrogen and oxygen atoms in total. The second-order valence-electron chi connectivity index (χ2n) is 5.98. The summed E-state index contributed by atoms with van der Waals surface area (Å²) in [4.78, 5) is 25.1. The van der Waals surface area contributed by atoms with Crippen LogP contribution in [0, 0.1) is 13.8 Å². The van der Waals surface area contributed by atoms with Gasteiger partial charge in [-0.05, 0) is 43.2 Å². The van der Waals surface area contributed by atoms with Gasteiger partial charge in [0.2, 0.25) is 11.9 Å². The Kier molecular flexibility index (Phi) is 5.17. The molecule has 132 valence electrons. The average molecular weight is 349 g/mol. The van der Waals surface area contributed by atoms with Gasteiger partial charge in [-0.25, -0.2) is 4.79 Å². The van der Waals surface area contributed by atoms with E-state index in [1.165, 1.54) is 12.3 Å². The van der Waals surface area contributed by atoms with E-state index >= 15 is 0 Å². The van der Waals surface area contributed by atoms with E-state index in [0.29, 0.717) is 11.3 Å². The summed E-state index contributed by atoms with van der Waals surface area (Å²) < 4.78 is 10.5. The number of anilines is 1. The second-order valence-corrected chi connectivity index (χ2v) is 5.98. The minimum atomic E-state index is -1.09. The smallest absolute Gasteiger partial charge is 0.375 e. The Bertz CT molecular complexity index is 901. The van der Waals surface area contributed by atoms with Gasteiger partial charge in [-0.1, -0.05) is 42.5 Å². The van der Waals surface area contributed by atoms with Crippen molar-refractivity contribution in [3.8, 4) is 0 Å². The van der Waals surface area contributed by atoms with Gasteiger partial charge in [0.15, 0.2) is 0 Å². The highest BCUT2D eigenvalue weighted by atomic mass is 16.6. The van der Waals surface area contributed by atoms with Crippen LogP contribution in [0.2, 0.25) is 0 Å². The van der Waals surface area contributed by atoms with Crippen LogP contribution < -0.4 is 5.32 Å². The van der Waals surface area contributed by atoms with Crippen molar-refractivity contribution in [2.75, 3.05) is 5.32 Å². The number of furan rings is 1. The normalized spacial score (nSPS) is 11.6. The number of hydrogen-bond acceptors (Lipinski definition) is 4. The Morgan fingerprint density at radius 2 is 1.77 bits per heavy atom. The van der Waals surface area contributed by atoms with Crippen LogP contribution in [0.25, 0.3) is 0 Å². The first kappa shape index (κ1) is 17.5. The van der Waals surface area contributed by atoms with Crippen LogP contribution in [-0.4, -0.2) is 11.9 Å². The minimum absolute atomic E-state index is 0.0467. The molecule has 1 heterocycles. The summed E-state index contributed by atoms with van der Waals surface area (Å²) in [7, 11) is 0. The maximum absolute atomic E-state index is 12.9. The summed E-state index contributed by atoms with van der Waals surface area (Å²) in [5.41, 5.74) is 3.21. The Morgan fingerprint density at radius 1 is 1.00 bits per heavy atom. The van der Waals surface area contributed by atoms with E-state index in [-0.39, 0.29) is 5.76 Å². The predicted molar refractivity (Wildman–Crippen MR) is 97.9 cm³/mol. The molecular weight excluding hydrogens is 330 g/mol. The molecule has 2 aromatic carbocycles. The van der Waals surface area contributed by atoms with E-state index < -0.39 is 18.0 Å². The van der Waals surface area contributed by atoms with Gasteiger partial charge < -0.3 is 14.5 Å². The summed E-state index contributed by atoms with van der Waals surface area (Å²) >= 11 is 0. The maximum Gasteiger partial charge on any atom is 0.375 e. The number of benzene rings is 2. The van der Waals surface area contributed by atoms with Gasteiger partial charge in [-0.2, -0.15) is 0 Å². The van der Waals surface area contributed by atoms with Crippen molar-refractivity contribution in [1.29, 1.82) is 0 Å². The van der Waals surface area contributed by atoms with Crippen LogP contribution in [0.15, 0.2) is 71.3 Å². The molecule has 1 N–H and O–H groups in total. The van der Waals surface area contributed by atoms with Gasteiger partial charge in [0.25, 0.3) is 5.91 Å². The minimum Gasteiger partial charge on any atom is -0.457 e. The van der Waals surface area contributed by atoms with E-state index in [2.05, 4.69) is 5.32 Å². The summed E-state index contributed by atoms with van der Waals surface area (Å²) in [6.45, 7) is 3.85. The summed E-state index contributed by atoms with van der Waals surface area (Å²) in [5.74, 6) is -1.07. The first-order chi connectivity index (χ1) is 12.5. The highest BCUT2D eigenvalue weighted by Crippen LogP contribution is 2.23. The van der Waals surface area contributed by atoms with Gasteiger partial charge in [-0.15, -0.1) is 0 Å². The molecule has 3 rings (SSSR count). The predicted octanol–water partition coefficient (Wildman–Crippen LogP) is 4.43. The van der Waals surface area contributed by atoms with Gasteiger partial charge >= 0.3 is 5.97 Å². The molecule has 5 heteroatoms. The van der Waals surface area contributed by atoms with Gasteiger partial charge in [-0.3, -0.25) is 4.79 Å². The van der Waals surface area contributed by atoms with Gasteiger partial charge in [0.1, 0.15) is 0 Å². The van der Waals surface area contributed by atoms with Crippen molar-refractivity contribution in [2.45, 2.75) is 20.0 Å². The molecule has 1 atom stereocenters. The lowest BCUT2D eigenvalue weighted by atomic mass is 10.1. The number of nitrogens with one attached hydrogen (secondary N) is 1. The second kappa shape index (κ2) is 7.70. The monoisotopic (exact) mass is 349 g/mol. The van der Waals surface area contributed by atoms with Crippen molar-refractivity contribution in [3.63, 3.8) is 0 Å². The third-order valence-electron chi connectivity index (χ3n) is 3.94. The fourth-order valence-corrected chi connectivity index (χ4v) is 2.53. The fraction of sp³-hybridized carbons (Fsp3) is 0.143. The van der Waals surface area contributed by atoms with Crippen molar-refractivity contribution in [1.82, 2.24) is 0 Å². The van der Waals surface area contributed by atoms with E-state index in [1.807, 2.05) is 38.1 Å². The maximum atomic E-state index is 12.9. The summed E-state index contributed by atoms with van der Waals surface area (Å²) in [5, 5.41) is 2.85. The van der Waals surface area contributed by atoms with Crippen LogP contribution >= 0.6 is 0 Å². The van der Waals surface area contributed by atoms with Crippen LogP contribution in [0.3, 0.4) is 0 Å². The van der Waals surface area contributed by atoms with Crippen molar-refractivity contribution in [3.05, 3.63) is 89.4 Å². The number of rotatable bonds is 5. The first-order valence-electron chi connectivity index (χ1n) is 8.22. The van der Waals surface area contributed by atoms with Crippen LogP contribution in [0.5, 0.6) is 0 Å². The molecule has 0 saturated carbocycles. The zero-order valence-electron chi connectivity index (χ0n) is 14.6. The SMILES string of the molecule is Cc1ccc(C)c(NC(=O)[C@H](OC(=O)c2ccco2)c2ccccc2)c1. The molecule has 0 aliphatic heterocycles. The number of amides is 1. The third kappa shape index (κ3) is 4.00. The lowest BCUT2D eigenvalue weighted by molar-refractivity contribution is -0.125.